The zero-order valence-corrected chi connectivity index (χ0v) is 9.57. The van der Waals surface area contributed by atoms with Crippen molar-refractivity contribution in [3.05, 3.63) is 0 Å². The number of rotatable bonds is 1. The highest BCUT2D eigenvalue weighted by Crippen LogP contribution is 2.23. The number of hydrogen-bond acceptors (Lipinski definition) is 4. The van der Waals surface area contributed by atoms with Crippen LogP contribution in [-0.4, -0.2) is 39.3 Å². The molecule has 84 valence electrons. The summed E-state index contributed by atoms with van der Waals surface area (Å²) in [6, 6.07) is 0. The van der Waals surface area contributed by atoms with Gasteiger partial charge in [-0.3, -0.25) is 5.32 Å². The molecule has 2 unspecified atom stereocenters. The van der Waals surface area contributed by atoms with Crippen LogP contribution in [0.4, 0.5) is 0 Å². The summed E-state index contributed by atoms with van der Waals surface area (Å²) in [5.41, 5.74) is 0. The minimum Gasteiger partial charge on any atom is -0.363 e. The predicted octanol–water partition coefficient (Wildman–Crippen LogP) is 0.179. The molecule has 0 bridgehead atoms. The van der Waals surface area contributed by atoms with Crippen LogP contribution in [0.2, 0.25) is 0 Å². The Morgan fingerprint density at radius 2 is 2.14 bits per heavy atom. The second-order valence-electron chi connectivity index (χ2n) is 3.76. The van der Waals surface area contributed by atoms with Crippen molar-refractivity contribution >= 4 is 22.2 Å². The van der Waals surface area contributed by atoms with E-state index in [2.05, 4.69) is 5.32 Å². The molecule has 2 fully saturated rings. The Labute approximate surface area is 90.7 Å². The van der Waals surface area contributed by atoms with Crippen LogP contribution in [-0.2, 0) is 14.6 Å². The van der Waals surface area contributed by atoms with Crippen molar-refractivity contribution in [2.45, 2.75) is 19.1 Å². The van der Waals surface area contributed by atoms with E-state index in [1.807, 2.05) is 0 Å². The van der Waals surface area contributed by atoms with E-state index in [1.54, 1.807) is 0 Å². The van der Waals surface area contributed by atoms with Gasteiger partial charge >= 0.3 is 0 Å². The normalized spacial score (nSPS) is 36.3. The first-order valence-corrected chi connectivity index (χ1v) is 6.55. The number of sulfone groups is 1. The van der Waals surface area contributed by atoms with Gasteiger partial charge < -0.3 is 4.74 Å². The molecule has 2 atom stereocenters. The summed E-state index contributed by atoms with van der Waals surface area (Å²) in [5, 5.41) is 3.21. The van der Waals surface area contributed by atoms with Crippen LogP contribution in [0.25, 0.3) is 0 Å². The van der Waals surface area contributed by atoms with Gasteiger partial charge in [-0.1, -0.05) is 0 Å². The Balaban J connectivity index is 0.000000980. The second kappa shape index (κ2) is 4.79. The standard InChI is InChI=1S/C8H15NO3S.ClH/c10-13(11)5-2-7(6-13)8-9-3-1-4-12-8;/h7-9H,1-6H2;1H. The fourth-order valence-corrected chi connectivity index (χ4v) is 3.77. The van der Waals surface area contributed by atoms with E-state index in [9.17, 15) is 8.42 Å². The molecule has 0 radical (unpaired) electrons. The van der Waals surface area contributed by atoms with Crippen molar-refractivity contribution in [3.63, 3.8) is 0 Å². The van der Waals surface area contributed by atoms with Crippen molar-refractivity contribution < 1.29 is 13.2 Å². The lowest BCUT2D eigenvalue weighted by atomic mass is 10.1. The number of ether oxygens (including phenoxy) is 1. The summed E-state index contributed by atoms with van der Waals surface area (Å²) in [6.07, 6.45) is 1.75. The second-order valence-corrected chi connectivity index (χ2v) is 5.99. The molecule has 4 nitrogen and oxygen atoms in total. The fourth-order valence-electron chi connectivity index (χ4n) is 1.95. The predicted molar refractivity (Wildman–Crippen MR) is 56.4 cm³/mol. The Kier molecular flexibility index (Phi) is 4.18. The molecular weight excluding hydrogens is 226 g/mol. The molecule has 0 spiro atoms. The van der Waals surface area contributed by atoms with Crippen LogP contribution in [0.15, 0.2) is 0 Å². The summed E-state index contributed by atoms with van der Waals surface area (Å²) in [7, 11) is -2.76. The fraction of sp³-hybridized carbons (Fsp3) is 1.00. The van der Waals surface area contributed by atoms with E-state index in [1.165, 1.54) is 0 Å². The molecule has 0 aromatic heterocycles. The Morgan fingerprint density at radius 1 is 1.36 bits per heavy atom. The van der Waals surface area contributed by atoms with Crippen molar-refractivity contribution in [1.29, 1.82) is 0 Å². The lowest BCUT2D eigenvalue weighted by Crippen LogP contribution is -2.43. The van der Waals surface area contributed by atoms with Gasteiger partial charge in [-0.05, 0) is 19.4 Å². The molecule has 2 saturated heterocycles. The quantitative estimate of drug-likeness (QED) is 0.712. The highest BCUT2D eigenvalue weighted by molar-refractivity contribution is 7.91. The summed E-state index contributed by atoms with van der Waals surface area (Å²) in [6.45, 7) is 1.70. The van der Waals surface area contributed by atoms with Crippen LogP contribution >= 0.6 is 12.4 Å². The van der Waals surface area contributed by atoms with Gasteiger partial charge in [0, 0.05) is 12.5 Å². The highest BCUT2D eigenvalue weighted by atomic mass is 35.5. The van der Waals surface area contributed by atoms with Crippen LogP contribution in [0.1, 0.15) is 12.8 Å². The van der Waals surface area contributed by atoms with E-state index in [0.29, 0.717) is 11.5 Å². The molecule has 0 aromatic carbocycles. The van der Waals surface area contributed by atoms with E-state index >= 15 is 0 Å². The number of hydrogen-bond donors (Lipinski definition) is 1. The lowest BCUT2D eigenvalue weighted by Gasteiger charge is -2.28. The van der Waals surface area contributed by atoms with Gasteiger partial charge in [0.1, 0.15) is 6.23 Å². The molecular formula is C8H16ClNO3S. The summed E-state index contributed by atoms with van der Waals surface area (Å²) < 4.78 is 27.9. The van der Waals surface area contributed by atoms with Gasteiger partial charge in [-0.2, -0.15) is 0 Å². The van der Waals surface area contributed by atoms with Gasteiger partial charge in [-0.15, -0.1) is 12.4 Å². The maximum Gasteiger partial charge on any atom is 0.150 e. The van der Waals surface area contributed by atoms with Crippen molar-refractivity contribution in [2.24, 2.45) is 5.92 Å². The first kappa shape index (κ1) is 12.2. The topological polar surface area (TPSA) is 55.4 Å². The van der Waals surface area contributed by atoms with E-state index < -0.39 is 9.84 Å². The number of nitrogens with one attached hydrogen (secondary N) is 1. The largest absolute Gasteiger partial charge is 0.363 e. The first-order chi connectivity index (χ1) is 6.17. The van der Waals surface area contributed by atoms with Crippen LogP contribution in [0, 0.1) is 5.92 Å². The number of halogens is 1. The molecule has 0 aliphatic carbocycles. The van der Waals surface area contributed by atoms with Crippen LogP contribution < -0.4 is 5.32 Å². The molecule has 2 heterocycles. The monoisotopic (exact) mass is 241 g/mol. The van der Waals surface area contributed by atoms with Crippen molar-refractivity contribution in [3.8, 4) is 0 Å². The van der Waals surface area contributed by atoms with Gasteiger partial charge in [0.15, 0.2) is 9.84 Å². The van der Waals surface area contributed by atoms with Crippen molar-refractivity contribution in [1.82, 2.24) is 5.32 Å². The maximum atomic E-state index is 11.2. The molecule has 0 saturated carbocycles. The third kappa shape index (κ3) is 2.82. The van der Waals surface area contributed by atoms with E-state index in [-0.39, 0.29) is 24.6 Å². The van der Waals surface area contributed by atoms with Crippen molar-refractivity contribution in [2.75, 3.05) is 24.7 Å². The van der Waals surface area contributed by atoms with Gasteiger partial charge in [0.25, 0.3) is 0 Å². The van der Waals surface area contributed by atoms with Gasteiger partial charge in [0.2, 0.25) is 0 Å². The third-order valence-electron chi connectivity index (χ3n) is 2.66. The smallest absolute Gasteiger partial charge is 0.150 e. The van der Waals surface area contributed by atoms with Crippen LogP contribution in [0.3, 0.4) is 0 Å². The molecule has 2 aliphatic rings. The van der Waals surface area contributed by atoms with E-state index in [4.69, 9.17) is 4.74 Å². The molecule has 0 aromatic rings. The average Bonchev–Trinajstić information content (AvgIpc) is 2.48. The first-order valence-electron chi connectivity index (χ1n) is 4.73. The zero-order chi connectivity index (χ0) is 9.31. The molecule has 2 rings (SSSR count). The van der Waals surface area contributed by atoms with Gasteiger partial charge in [-0.25, -0.2) is 8.42 Å². The Hall–Kier alpha value is 0.160. The molecule has 1 N–H and O–H groups in total. The highest BCUT2D eigenvalue weighted by Gasteiger charge is 2.34. The minimum atomic E-state index is -2.76. The molecule has 6 heteroatoms. The SMILES string of the molecule is Cl.O=S1(=O)CCC(C2NCCCO2)C1. The zero-order valence-electron chi connectivity index (χ0n) is 7.94. The minimum absolute atomic E-state index is 0. The molecule has 14 heavy (non-hydrogen) atoms. The lowest BCUT2D eigenvalue weighted by molar-refractivity contribution is -0.0293. The summed E-state index contributed by atoms with van der Waals surface area (Å²) in [4.78, 5) is 0. The molecule has 0 amide bonds. The average molecular weight is 242 g/mol. The Bertz CT molecular complexity index is 274. The Morgan fingerprint density at radius 3 is 2.64 bits per heavy atom. The van der Waals surface area contributed by atoms with Gasteiger partial charge in [0.05, 0.1) is 11.5 Å². The molecule has 2 aliphatic heterocycles. The summed E-state index contributed by atoms with van der Waals surface area (Å²) in [5.74, 6) is 0.800. The maximum absolute atomic E-state index is 11.2. The summed E-state index contributed by atoms with van der Waals surface area (Å²) >= 11 is 0. The van der Waals surface area contributed by atoms with Crippen LogP contribution in [0.5, 0.6) is 0 Å². The van der Waals surface area contributed by atoms with E-state index in [0.717, 1.165) is 26.0 Å². The third-order valence-corrected chi connectivity index (χ3v) is 4.45.